The van der Waals surface area contributed by atoms with Crippen molar-refractivity contribution in [2.45, 2.75) is 13.1 Å². The van der Waals surface area contributed by atoms with Gasteiger partial charge < -0.3 is 10.1 Å². The van der Waals surface area contributed by atoms with Crippen molar-refractivity contribution in [2.24, 2.45) is 0 Å². The van der Waals surface area contributed by atoms with Crippen LogP contribution < -0.4 is 10.1 Å². The number of methoxy groups -OCH3 is 1. The maximum absolute atomic E-state index is 5.17. The molecule has 2 aromatic rings. The molecule has 4 nitrogen and oxygen atoms in total. The van der Waals surface area contributed by atoms with Crippen LogP contribution in [-0.4, -0.2) is 17.1 Å². The molecule has 0 amide bonds. The number of hydrogen-bond acceptors (Lipinski definition) is 5. The van der Waals surface area contributed by atoms with Crippen LogP contribution in [-0.2, 0) is 13.1 Å². The molecule has 2 heterocycles. The molecule has 0 bridgehead atoms. The molecule has 2 rings (SSSR count). The molecule has 0 spiro atoms. The van der Waals surface area contributed by atoms with Gasteiger partial charge in [-0.25, -0.2) is 4.98 Å². The Labute approximate surface area is 98.3 Å². The minimum Gasteiger partial charge on any atom is -0.481 e. The van der Waals surface area contributed by atoms with Gasteiger partial charge in [-0.3, -0.25) is 4.98 Å². The normalized spacial score (nSPS) is 10.3. The highest BCUT2D eigenvalue weighted by Crippen LogP contribution is 2.13. The zero-order chi connectivity index (χ0) is 11.2. The third-order valence-electron chi connectivity index (χ3n) is 2.14. The van der Waals surface area contributed by atoms with E-state index in [4.69, 9.17) is 4.74 Å². The third kappa shape index (κ3) is 2.77. The van der Waals surface area contributed by atoms with Crippen LogP contribution in [0, 0.1) is 0 Å². The van der Waals surface area contributed by atoms with E-state index in [-0.39, 0.29) is 0 Å². The minimum atomic E-state index is 0.680. The number of hydrogen-bond donors (Lipinski definition) is 1. The predicted molar refractivity (Wildman–Crippen MR) is 63.4 cm³/mol. The Morgan fingerprint density at radius 2 is 2.38 bits per heavy atom. The molecule has 0 unspecified atom stereocenters. The van der Waals surface area contributed by atoms with Gasteiger partial charge in [0.05, 0.1) is 12.6 Å². The topological polar surface area (TPSA) is 47.0 Å². The Kier molecular flexibility index (Phi) is 3.85. The molecule has 0 aliphatic rings. The Morgan fingerprint density at radius 1 is 1.44 bits per heavy atom. The van der Waals surface area contributed by atoms with E-state index in [1.807, 2.05) is 23.8 Å². The average Bonchev–Trinajstić information content (AvgIpc) is 2.83. The number of ether oxygens (including phenoxy) is 1. The van der Waals surface area contributed by atoms with Gasteiger partial charge in [-0.1, -0.05) is 6.07 Å². The predicted octanol–water partition coefficient (Wildman–Crippen LogP) is 1.84. The average molecular weight is 235 g/mol. The summed E-state index contributed by atoms with van der Waals surface area (Å²) in [6, 6.07) is 3.91. The Morgan fingerprint density at radius 3 is 3.12 bits per heavy atom. The van der Waals surface area contributed by atoms with Crippen molar-refractivity contribution in [3.05, 3.63) is 40.5 Å². The molecule has 0 radical (unpaired) electrons. The number of rotatable bonds is 5. The van der Waals surface area contributed by atoms with Crippen molar-refractivity contribution in [1.29, 1.82) is 0 Å². The molecule has 2 aromatic heterocycles. The van der Waals surface area contributed by atoms with Crippen molar-refractivity contribution in [2.75, 3.05) is 7.11 Å². The summed E-state index contributed by atoms with van der Waals surface area (Å²) in [6.07, 6.45) is 3.60. The van der Waals surface area contributed by atoms with Gasteiger partial charge >= 0.3 is 0 Å². The van der Waals surface area contributed by atoms with Crippen molar-refractivity contribution in [3.8, 4) is 5.88 Å². The first kappa shape index (κ1) is 11.0. The molecule has 0 fully saturated rings. The molecule has 0 aromatic carbocycles. The Bertz CT molecular complexity index is 431. The van der Waals surface area contributed by atoms with Gasteiger partial charge in [-0.15, -0.1) is 11.3 Å². The number of aromatic nitrogens is 2. The minimum absolute atomic E-state index is 0.680. The van der Waals surface area contributed by atoms with Crippen LogP contribution in [0.15, 0.2) is 30.0 Å². The molecule has 0 aliphatic heterocycles. The molecule has 0 aliphatic carbocycles. The maximum Gasteiger partial charge on any atom is 0.217 e. The van der Waals surface area contributed by atoms with Crippen LogP contribution in [0.5, 0.6) is 5.88 Å². The SMILES string of the molecule is COc1ncccc1CNCc1cncs1. The summed E-state index contributed by atoms with van der Waals surface area (Å²) in [5, 5.41) is 3.33. The molecule has 0 saturated carbocycles. The van der Waals surface area contributed by atoms with E-state index >= 15 is 0 Å². The zero-order valence-corrected chi connectivity index (χ0v) is 9.83. The summed E-state index contributed by atoms with van der Waals surface area (Å²) < 4.78 is 5.17. The van der Waals surface area contributed by atoms with E-state index < -0.39 is 0 Å². The molecule has 5 heteroatoms. The molecule has 0 atom stereocenters. The quantitative estimate of drug-likeness (QED) is 0.859. The lowest BCUT2D eigenvalue weighted by molar-refractivity contribution is 0.390. The number of pyridine rings is 1. The first-order valence-corrected chi connectivity index (χ1v) is 5.84. The van der Waals surface area contributed by atoms with Gasteiger partial charge in [0.15, 0.2) is 0 Å². The lowest BCUT2D eigenvalue weighted by Crippen LogP contribution is -2.12. The maximum atomic E-state index is 5.17. The smallest absolute Gasteiger partial charge is 0.217 e. The summed E-state index contributed by atoms with van der Waals surface area (Å²) in [6.45, 7) is 1.57. The standard InChI is InChI=1S/C11H13N3OS/c1-15-11-9(3-2-4-14-11)5-12-6-10-7-13-8-16-10/h2-4,7-8,12H,5-6H2,1H3. The van der Waals surface area contributed by atoms with Crippen LogP contribution in [0.2, 0.25) is 0 Å². The van der Waals surface area contributed by atoms with Gasteiger partial charge in [0, 0.05) is 35.9 Å². The summed E-state index contributed by atoms with van der Waals surface area (Å²) >= 11 is 1.65. The van der Waals surface area contributed by atoms with E-state index in [0.717, 1.165) is 18.7 Å². The van der Waals surface area contributed by atoms with E-state index in [1.165, 1.54) is 4.88 Å². The van der Waals surface area contributed by atoms with E-state index in [0.29, 0.717) is 5.88 Å². The molecule has 84 valence electrons. The Balaban J connectivity index is 1.89. The molecular formula is C11H13N3OS. The number of nitrogens with zero attached hydrogens (tertiary/aromatic N) is 2. The van der Waals surface area contributed by atoms with Gasteiger partial charge in [0.25, 0.3) is 0 Å². The fourth-order valence-electron chi connectivity index (χ4n) is 1.39. The van der Waals surface area contributed by atoms with Gasteiger partial charge in [0.1, 0.15) is 0 Å². The van der Waals surface area contributed by atoms with Gasteiger partial charge in [0.2, 0.25) is 5.88 Å². The highest BCUT2D eigenvalue weighted by molar-refractivity contribution is 7.09. The summed E-state index contributed by atoms with van der Waals surface area (Å²) in [5.41, 5.74) is 2.90. The fraction of sp³-hybridized carbons (Fsp3) is 0.273. The van der Waals surface area contributed by atoms with Crippen LogP contribution in [0.1, 0.15) is 10.4 Å². The fourth-order valence-corrected chi connectivity index (χ4v) is 1.96. The zero-order valence-electron chi connectivity index (χ0n) is 9.01. The van der Waals surface area contributed by atoms with Crippen LogP contribution in [0.3, 0.4) is 0 Å². The van der Waals surface area contributed by atoms with E-state index in [1.54, 1.807) is 24.6 Å². The monoisotopic (exact) mass is 235 g/mol. The summed E-state index contributed by atoms with van der Waals surface area (Å²) in [4.78, 5) is 9.39. The number of nitrogens with one attached hydrogen (secondary N) is 1. The second kappa shape index (κ2) is 5.58. The largest absolute Gasteiger partial charge is 0.481 e. The van der Waals surface area contributed by atoms with Crippen LogP contribution in [0.4, 0.5) is 0 Å². The molecular weight excluding hydrogens is 222 g/mol. The molecule has 1 N–H and O–H groups in total. The van der Waals surface area contributed by atoms with Crippen molar-refractivity contribution in [3.63, 3.8) is 0 Å². The first-order chi connectivity index (χ1) is 7.90. The third-order valence-corrected chi connectivity index (χ3v) is 2.92. The summed E-state index contributed by atoms with van der Waals surface area (Å²) in [7, 11) is 1.63. The van der Waals surface area contributed by atoms with Crippen molar-refractivity contribution < 1.29 is 4.74 Å². The van der Waals surface area contributed by atoms with Gasteiger partial charge in [-0.05, 0) is 6.07 Å². The second-order valence-electron chi connectivity index (χ2n) is 3.24. The lowest BCUT2D eigenvalue weighted by Gasteiger charge is -2.07. The lowest BCUT2D eigenvalue weighted by atomic mass is 10.2. The number of thiazole rings is 1. The summed E-state index contributed by atoms with van der Waals surface area (Å²) in [5.74, 6) is 0.680. The van der Waals surface area contributed by atoms with Gasteiger partial charge in [-0.2, -0.15) is 0 Å². The second-order valence-corrected chi connectivity index (χ2v) is 4.21. The highest BCUT2D eigenvalue weighted by atomic mass is 32.1. The van der Waals surface area contributed by atoms with Crippen LogP contribution in [0.25, 0.3) is 0 Å². The highest BCUT2D eigenvalue weighted by Gasteiger charge is 2.02. The Hall–Kier alpha value is -1.46. The van der Waals surface area contributed by atoms with Crippen LogP contribution >= 0.6 is 11.3 Å². The molecule has 16 heavy (non-hydrogen) atoms. The molecule has 0 saturated heterocycles. The van der Waals surface area contributed by atoms with E-state index in [2.05, 4.69) is 15.3 Å². The van der Waals surface area contributed by atoms with Crippen molar-refractivity contribution in [1.82, 2.24) is 15.3 Å². The first-order valence-electron chi connectivity index (χ1n) is 4.96. The van der Waals surface area contributed by atoms with E-state index in [9.17, 15) is 0 Å². The van der Waals surface area contributed by atoms with Crippen molar-refractivity contribution >= 4 is 11.3 Å².